The highest BCUT2D eigenvalue weighted by molar-refractivity contribution is 5.43. The maximum absolute atomic E-state index is 9.33. The molecule has 106 valence electrons. The van der Waals surface area contributed by atoms with Gasteiger partial charge in [-0.25, -0.2) is 4.98 Å². The van der Waals surface area contributed by atoms with Gasteiger partial charge in [0, 0.05) is 25.4 Å². The quantitative estimate of drug-likeness (QED) is 0.885. The molecule has 0 unspecified atom stereocenters. The molecule has 0 aliphatic carbocycles. The Morgan fingerprint density at radius 2 is 2.05 bits per heavy atom. The summed E-state index contributed by atoms with van der Waals surface area (Å²) in [5.41, 5.74) is 2.00. The van der Waals surface area contributed by atoms with E-state index < -0.39 is 0 Å². The molecule has 4 heteroatoms. The van der Waals surface area contributed by atoms with Gasteiger partial charge in [-0.05, 0) is 43.9 Å². The average Bonchev–Trinajstić information content (AvgIpc) is 2.47. The van der Waals surface area contributed by atoms with Crippen molar-refractivity contribution >= 4 is 5.82 Å². The summed E-state index contributed by atoms with van der Waals surface area (Å²) in [6, 6.07) is 3.98. The monoisotopic (exact) mass is 264 g/mol. The molecule has 1 aromatic heterocycles. The Kier molecular flexibility index (Phi) is 5.16. The van der Waals surface area contributed by atoms with Crippen molar-refractivity contribution in [3.8, 4) is 0 Å². The van der Waals surface area contributed by atoms with Crippen LogP contribution in [0.4, 0.5) is 5.82 Å². The first-order valence-electron chi connectivity index (χ1n) is 7.24. The highest BCUT2D eigenvalue weighted by atomic mass is 16.5. The maximum atomic E-state index is 9.33. The second-order valence-electron chi connectivity index (χ2n) is 4.98. The predicted molar refractivity (Wildman–Crippen MR) is 76.4 cm³/mol. The first kappa shape index (κ1) is 14.3. The Hall–Kier alpha value is -1.13. The lowest BCUT2D eigenvalue weighted by atomic mass is 10.1. The third-order valence-corrected chi connectivity index (χ3v) is 3.64. The molecular formula is C15H24N2O2. The van der Waals surface area contributed by atoms with Crippen LogP contribution in [0.3, 0.4) is 0 Å². The van der Waals surface area contributed by atoms with Gasteiger partial charge in [0.25, 0.3) is 0 Å². The zero-order valence-electron chi connectivity index (χ0n) is 11.9. The number of aliphatic hydroxyl groups excluding tert-OH is 1. The van der Waals surface area contributed by atoms with Gasteiger partial charge in [0.15, 0.2) is 0 Å². The molecular weight excluding hydrogens is 240 g/mol. The van der Waals surface area contributed by atoms with Crippen molar-refractivity contribution in [2.45, 2.75) is 45.8 Å². The van der Waals surface area contributed by atoms with E-state index in [9.17, 15) is 5.11 Å². The van der Waals surface area contributed by atoms with Crippen LogP contribution in [0.2, 0.25) is 0 Å². The van der Waals surface area contributed by atoms with Crippen molar-refractivity contribution in [2.24, 2.45) is 0 Å². The number of anilines is 1. The number of aryl methyl sites for hydroxylation is 1. The van der Waals surface area contributed by atoms with Gasteiger partial charge in [-0.2, -0.15) is 0 Å². The Bertz CT molecular complexity index is 379. The molecule has 4 nitrogen and oxygen atoms in total. The minimum absolute atomic E-state index is 0.0813. The third-order valence-electron chi connectivity index (χ3n) is 3.64. The minimum Gasteiger partial charge on any atom is -0.392 e. The lowest BCUT2D eigenvalue weighted by Gasteiger charge is -2.33. The van der Waals surface area contributed by atoms with Crippen molar-refractivity contribution < 1.29 is 9.84 Å². The van der Waals surface area contributed by atoms with Crippen molar-refractivity contribution in [2.75, 3.05) is 24.6 Å². The van der Waals surface area contributed by atoms with E-state index in [4.69, 9.17) is 4.74 Å². The van der Waals surface area contributed by atoms with Crippen LogP contribution in [-0.2, 0) is 17.8 Å². The molecule has 2 heterocycles. The molecule has 1 aromatic rings. The number of pyridine rings is 1. The summed E-state index contributed by atoms with van der Waals surface area (Å²) in [6.45, 7) is 6.98. The Morgan fingerprint density at radius 1 is 1.32 bits per heavy atom. The molecule has 19 heavy (non-hydrogen) atoms. The zero-order chi connectivity index (χ0) is 13.7. The van der Waals surface area contributed by atoms with E-state index in [1.807, 2.05) is 19.1 Å². The van der Waals surface area contributed by atoms with Crippen LogP contribution in [0, 0.1) is 0 Å². The van der Waals surface area contributed by atoms with E-state index in [0.717, 1.165) is 56.0 Å². The molecule has 1 fully saturated rings. The van der Waals surface area contributed by atoms with Crippen molar-refractivity contribution in [3.63, 3.8) is 0 Å². The normalized spacial score (nSPS) is 16.9. The van der Waals surface area contributed by atoms with Crippen LogP contribution in [0.5, 0.6) is 0 Å². The van der Waals surface area contributed by atoms with Crippen molar-refractivity contribution in [1.82, 2.24) is 4.98 Å². The summed E-state index contributed by atoms with van der Waals surface area (Å²) in [6.07, 6.45) is 3.41. The maximum Gasteiger partial charge on any atom is 0.129 e. The van der Waals surface area contributed by atoms with E-state index in [1.165, 1.54) is 0 Å². The Labute approximate surface area is 115 Å². The second kappa shape index (κ2) is 6.87. The number of nitrogens with zero attached hydrogens (tertiary/aromatic N) is 2. The average molecular weight is 264 g/mol. The van der Waals surface area contributed by atoms with Crippen LogP contribution in [0.1, 0.15) is 37.9 Å². The summed E-state index contributed by atoms with van der Waals surface area (Å²) in [7, 11) is 0. The molecule has 2 rings (SSSR count). The molecule has 0 amide bonds. The van der Waals surface area contributed by atoms with Gasteiger partial charge in [-0.3, -0.25) is 0 Å². The van der Waals surface area contributed by atoms with E-state index in [-0.39, 0.29) is 6.61 Å². The van der Waals surface area contributed by atoms with Crippen LogP contribution in [0.15, 0.2) is 12.1 Å². The first-order chi connectivity index (χ1) is 9.26. The summed E-state index contributed by atoms with van der Waals surface area (Å²) >= 11 is 0. The number of hydrogen-bond acceptors (Lipinski definition) is 4. The molecule has 1 aliphatic rings. The minimum atomic E-state index is 0.0813. The summed E-state index contributed by atoms with van der Waals surface area (Å²) in [4.78, 5) is 6.97. The van der Waals surface area contributed by atoms with E-state index >= 15 is 0 Å². The fourth-order valence-corrected chi connectivity index (χ4v) is 2.55. The molecule has 1 saturated heterocycles. The fraction of sp³-hybridized carbons (Fsp3) is 0.667. The van der Waals surface area contributed by atoms with E-state index in [2.05, 4.69) is 16.8 Å². The number of ether oxygens (including phenoxy) is 1. The standard InChI is InChI=1S/C15H24N2O2/c1-3-13-9-12(11-18)10-15(16-13)17-7-5-14(6-8-17)19-4-2/h9-10,14,18H,3-8,11H2,1-2H3. The summed E-state index contributed by atoms with van der Waals surface area (Å²) in [5, 5.41) is 9.33. The zero-order valence-corrected chi connectivity index (χ0v) is 11.9. The van der Waals surface area contributed by atoms with E-state index in [1.54, 1.807) is 0 Å². The van der Waals surface area contributed by atoms with E-state index in [0.29, 0.717) is 6.10 Å². The van der Waals surface area contributed by atoms with Gasteiger partial charge >= 0.3 is 0 Å². The van der Waals surface area contributed by atoms with Gasteiger partial charge in [0.1, 0.15) is 5.82 Å². The summed E-state index contributed by atoms with van der Waals surface area (Å²) < 4.78 is 5.67. The van der Waals surface area contributed by atoms with Gasteiger partial charge in [-0.15, -0.1) is 0 Å². The number of piperidine rings is 1. The van der Waals surface area contributed by atoms with Crippen molar-refractivity contribution in [3.05, 3.63) is 23.4 Å². The van der Waals surface area contributed by atoms with Crippen LogP contribution in [0.25, 0.3) is 0 Å². The largest absolute Gasteiger partial charge is 0.392 e. The van der Waals surface area contributed by atoms with Gasteiger partial charge in [0.2, 0.25) is 0 Å². The number of rotatable bonds is 5. The molecule has 0 aromatic carbocycles. The second-order valence-corrected chi connectivity index (χ2v) is 4.98. The first-order valence-corrected chi connectivity index (χ1v) is 7.24. The predicted octanol–water partition coefficient (Wildman–Crippen LogP) is 2.14. The lowest BCUT2D eigenvalue weighted by Crippen LogP contribution is -2.37. The Balaban J connectivity index is 2.06. The SMILES string of the molecule is CCOC1CCN(c2cc(CO)cc(CC)n2)CC1. The molecule has 0 spiro atoms. The van der Waals surface area contributed by atoms with Crippen molar-refractivity contribution in [1.29, 1.82) is 0 Å². The topological polar surface area (TPSA) is 45.6 Å². The molecule has 0 saturated carbocycles. The smallest absolute Gasteiger partial charge is 0.129 e. The summed E-state index contributed by atoms with van der Waals surface area (Å²) in [5.74, 6) is 0.998. The fourth-order valence-electron chi connectivity index (χ4n) is 2.55. The number of aliphatic hydroxyl groups is 1. The number of hydrogen-bond donors (Lipinski definition) is 1. The van der Waals surface area contributed by atoms with Gasteiger partial charge in [0.05, 0.1) is 12.7 Å². The van der Waals surface area contributed by atoms with Gasteiger partial charge in [-0.1, -0.05) is 6.92 Å². The lowest BCUT2D eigenvalue weighted by molar-refractivity contribution is 0.0458. The molecule has 1 N–H and O–H groups in total. The van der Waals surface area contributed by atoms with Crippen LogP contribution in [-0.4, -0.2) is 35.9 Å². The van der Waals surface area contributed by atoms with Crippen LogP contribution < -0.4 is 4.90 Å². The van der Waals surface area contributed by atoms with Crippen LogP contribution >= 0.6 is 0 Å². The number of aromatic nitrogens is 1. The molecule has 0 radical (unpaired) electrons. The molecule has 0 atom stereocenters. The van der Waals surface area contributed by atoms with Gasteiger partial charge < -0.3 is 14.7 Å². The molecule has 1 aliphatic heterocycles. The third kappa shape index (κ3) is 3.67. The molecule has 0 bridgehead atoms. The Morgan fingerprint density at radius 3 is 2.63 bits per heavy atom. The highest BCUT2D eigenvalue weighted by Gasteiger charge is 2.20. The highest BCUT2D eigenvalue weighted by Crippen LogP contribution is 2.21.